The van der Waals surface area contributed by atoms with Crippen LogP contribution in [0.2, 0.25) is 0 Å². The van der Waals surface area contributed by atoms with Gasteiger partial charge in [-0.2, -0.15) is 0 Å². The van der Waals surface area contributed by atoms with Gasteiger partial charge in [0.1, 0.15) is 0 Å². The van der Waals surface area contributed by atoms with Crippen LogP contribution in [0.25, 0.3) is 0 Å². The van der Waals surface area contributed by atoms with E-state index in [0.29, 0.717) is 6.04 Å². The summed E-state index contributed by atoms with van der Waals surface area (Å²) in [7, 11) is 0. The van der Waals surface area contributed by atoms with Crippen LogP contribution >= 0.6 is 0 Å². The van der Waals surface area contributed by atoms with E-state index in [4.69, 9.17) is 0 Å². The first kappa shape index (κ1) is 15.5. The molecule has 2 rings (SSSR count). The predicted octanol–water partition coefficient (Wildman–Crippen LogP) is 3.94. The third-order valence-corrected chi connectivity index (χ3v) is 4.38. The molecule has 2 nitrogen and oxygen atoms in total. The molecule has 0 spiro atoms. The highest BCUT2D eigenvalue weighted by Crippen LogP contribution is 2.33. The molecule has 0 aromatic heterocycles. The van der Waals surface area contributed by atoms with Gasteiger partial charge in [0.15, 0.2) is 0 Å². The van der Waals surface area contributed by atoms with Crippen molar-refractivity contribution in [3.63, 3.8) is 0 Å². The summed E-state index contributed by atoms with van der Waals surface area (Å²) in [6.07, 6.45) is 0. The van der Waals surface area contributed by atoms with E-state index in [0.717, 1.165) is 19.6 Å². The number of benzene rings is 1. The molecule has 0 bridgehead atoms. The maximum atomic E-state index is 2.66. The van der Waals surface area contributed by atoms with E-state index in [9.17, 15) is 0 Å². The topological polar surface area (TPSA) is 6.48 Å². The van der Waals surface area contributed by atoms with Gasteiger partial charge in [-0.15, -0.1) is 0 Å². The SMILES string of the molecule is CC(C)(C)N1CCN(C(C)(C)C)C(c2ccccc2)C1. The molecule has 1 saturated heterocycles. The molecule has 1 heterocycles. The van der Waals surface area contributed by atoms with Gasteiger partial charge in [0.25, 0.3) is 0 Å². The van der Waals surface area contributed by atoms with Crippen molar-refractivity contribution in [2.24, 2.45) is 0 Å². The van der Waals surface area contributed by atoms with E-state index in [-0.39, 0.29) is 11.1 Å². The maximum absolute atomic E-state index is 2.66. The van der Waals surface area contributed by atoms with Gasteiger partial charge in [-0.1, -0.05) is 30.3 Å². The second kappa shape index (κ2) is 5.50. The Balaban J connectivity index is 2.29. The second-order valence-corrected chi connectivity index (χ2v) is 7.91. The fraction of sp³-hybridized carbons (Fsp3) is 0.667. The van der Waals surface area contributed by atoms with Gasteiger partial charge in [-0.25, -0.2) is 0 Å². The van der Waals surface area contributed by atoms with Crippen LogP contribution in [0.1, 0.15) is 53.1 Å². The zero-order valence-corrected chi connectivity index (χ0v) is 14.0. The van der Waals surface area contributed by atoms with Crippen molar-refractivity contribution in [1.29, 1.82) is 0 Å². The van der Waals surface area contributed by atoms with Crippen LogP contribution in [-0.4, -0.2) is 40.5 Å². The van der Waals surface area contributed by atoms with E-state index in [2.05, 4.69) is 81.7 Å². The highest BCUT2D eigenvalue weighted by atomic mass is 15.3. The molecular weight excluding hydrogens is 244 g/mol. The van der Waals surface area contributed by atoms with Crippen molar-refractivity contribution in [2.45, 2.75) is 58.7 Å². The normalized spacial score (nSPS) is 23.0. The molecule has 1 fully saturated rings. The first-order valence-electron chi connectivity index (χ1n) is 7.76. The van der Waals surface area contributed by atoms with Crippen LogP contribution in [-0.2, 0) is 0 Å². The summed E-state index contributed by atoms with van der Waals surface area (Å²) in [5, 5.41) is 0. The van der Waals surface area contributed by atoms with Crippen molar-refractivity contribution in [3.05, 3.63) is 35.9 Å². The van der Waals surface area contributed by atoms with Crippen LogP contribution in [0, 0.1) is 0 Å². The Morgan fingerprint density at radius 2 is 1.45 bits per heavy atom. The standard InChI is InChI=1S/C18H30N2/c1-17(2,3)19-12-13-20(18(4,5)6)16(14-19)15-10-8-7-9-11-15/h7-11,16H,12-14H2,1-6H3. The molecule has 1 aliphatic rings. The van der Waals surface area contributed by atoms with Gasteiger partial charge >= 0.3 is 0 Å². The summed E-state index contributed by atoms with van der Waals surface area (Å²) in [6.45, 7) is 17.4. The summed E-state index contributed by atoms with van der Waals surface area (Å²) in [5.41, 5.74) is 1.90. The van der Waals surface area contributed by atoms with Crippen LogP contribution in [0.4, 0.5) is 0 Å². The molecule has 0 aliphatic carbocycles. The third kappa shape index (κ3) is 3.42. The van der Waals surface area contributed by atoms with E-state index in [1.165, 1.54) is 5.56 Å². The molecule has 20 heavy (non-hydrogen) atoms. The zero-order chi connectivity index (χ0) is 15.0. The first-order valence-corrected chi connectivity index (χ1v) is 7.76. The highest BCUT2D eigenvalue weighted by molar-refractivity contribution is 5.21. The average molecular weight is 274 g/mol. The Morgan fingerprint density at radius 3 is 1.95 bits per heavy atom. The molecule has 1 aromatic carbocycles. The summed E-state index contributed by atoms with van der Waals surface area (Å²) >= 11 is 0. The molecule has 1 atom stereocenters. The number of hydrogen-bond acceptors (Lipinski definition) is 2. The van der Waals surface area contributed by atoms with E-state index >= 15 is 0 Å². The lowest BCUT2D eigenvalue weighted by molar-refractivity contribution is -0.0232. The van der Waals surface area contributed by atoms with Crippen LogP contribution in [0.3, 0.4) is 0 Å². The minimum Gasteiger partial charge on any atom is -0.295 e. The van der Waals surface area contributed by atoms with Crippen molar-refractivity contribution >= 4 is 0 Å². The summed E-state index contributed by atoms with van der Waals surface area (Å²) < 4.78 is 0. The zero-order valence-electron chi connectivity index (χ0n) is 14.0. The Kier molecular flexibility index (Phi) is 4.27. The summed E-state index contributed by atoms with van der Waals surface area (Å²) in [6, 6.07) is 11.5. The average Bonchev–Trinajstić information content (AvgIpc) is 2.37. The van der Waals surface area contributed by atoms with Crippen molar-refractivity contribution in [2.75, 3.05) is 19.6 Å². The van der Waals surface area contributed by atoms with E-state index in [1.807, 2.05) is 0 Å². The number of piperazine rings is 1. The molecule has 0 radical (unpaired) electrons. The molecule has 0 N–H and O–H groups in total. The monoisotopic (exact) mass is 274 g/mol. The maximum Gasteiger partial charge on any atom is 0.0481 e. The number of hydrogen-bond donors (Lipinski definition) is 0. The lowest BCUT2D eigenvalue weighted by Crippen LogP contribution is -2.58. The van der Waals surface area contributed by atoms with Crippen LogP contribution in [0.5, 0.6) is 0 Å². The van der Waals surface area contributed by atoms with Gasteiger partial charge in [-0.3, -0.25) is 9.80 Å². The highest BCUT2D eigenvalue weighted by Gasteiger charge is 2.37. The van der Waals surface area contributed by atoms with Crippen molar-refractivity contribution < 1.29 is 0 Å². The summed E-state index contributed by atoms with van der Waals surface area (Å²) in [4.78, 5) is 5.28. The smallest absolute Gasteiger partial charge is 0.0481 e. The molecule has 0 saturated carbocycles. The molecular formula is C18H30N2. The van der Waals surface area contributed by atoms with Gasteiger partial charge < -0.3 is 0 Å². The fourth-order valence-electron chi connectivity index (χ4n) is 3.16. The number of rotatable bonds is 1. The predicted molar refractivity (Wildman–Crippen MR) is 87.0 cm³/mol. The van der Waals surface area contributed by atoms with Crippen molar-refractivity contribution in [1.82, 2.24) is 9.80 Å². The van der Waals surface area contributed by atoms with Gasteiger partial charge in [0, 0.05) is 36.8 Å². The molecule has 1 aliphatic heterocycles. The van der Waals surface area contributed by atoms with Crippen LogP contribution in [0.15, 0.2) is 30.3 Å². The quantitative estimate of drug-likeness (QED) is 0.765. The van der Waals surface area contributed by atoms with Crippen molar-refractivity contribution in [3.8, 4) is 0 Å². The van der Waals surface area contributed by atoms with Gasteiger partial charge in [0.05, 0.1) is 0 Å². The van der Waals surface area contributed by atoms with Crippen LogP contribution < -0.4 is 0 Å². The van der Waals surface area contributed by atoms with Gasteiger partial charge in [-0.05, 0) is 47.1 Å². The van der Waals surface area contributed by atoms with Gasteiger partial charge in [0.2, 0.25) is 0 Å². The minimum absolute atomic E-state index is 0.213. The lowest BCUT2D eigenvalue weighted by atomic mass is 9.93. The Hall–Kier alpha value is -0.860. The molecule has 1 aromatic rings. The summed E-state index contributed by atoms with van der Waals surface area (Å²) in [5.74, 6) is 0. The number of nitrogens with zero attached hydrogens (tertiary/aromatic N) is 2. The molecule has 1 unspecified atom stereocenters. The van der Waals surface area contributed by atoms with E-state index in [1.54, 1.807) is 0 Å². The largest absolute Gasteiger partial charge is 0.295 e. The minimum atomic E-state index is 0.213. The molecule has 112 valence electrons. The second-order valence-electron chi connectivity index (χ2n) is 7.91. The lowest BCUT2D eigenvalue weighted by Gasteiger charge is -2.51. The molecule has 2 heteroatoms. The Labute approximate surface area is 124 Å². The Bertz CT molecular complexity index is 425. The molecule has 0 amide bonds. The first-order chi connectivity index (χ1) is 9.19. The van der Waals surface area contributed by atoms with E-state index < -0.39 is 0 Å². The fourth-order valence-corrected chi connectivity index (χ4v) is 3.16. The Morgan fingerprint density at radius 1 is 0.850 bits per heavy atom. The third-order valence-electron chi connectivity index (χ3n) is 4.38.